The van der Waals surface area contributed by atoms with Crippen molar-refractivity contribution >= 4 is 17.3 Å². The van der Waals surface area contributed by atoms with Crippen molar-refractivity contribution in [1.29, 1.82) is 0 Å². The topological polar surface area (TPSA) is 243 Å². The van der Waals surface area contributed by atoms with Gasteiger partial charge in [-0.2, -0.15) is 0 Å². The van der Waals surface area contributed by atoms with Crippen LogP contribution in [0.1, 0.15) is 31.3 Å². The van der Waals surface area contributed by atoms with Gasteiger partial charge < -0.3 is 32.5 Å². The first-order chi connectivity index (χ1) is 47.6. The van der Waals surface area contributed by atoms with E-state index < -0.39 is 44.8 Å². The van der Waals surface area contributed by atoms with Gasteiger partial charge in [-0.1, -0.05) is 59.7 Å². The van der Waals surface area contributed by atoms with E-state index in [0.717, 1.165) is 52.0 Å². The quantitative estimate of drug-likeness (QED) is 0.0580. The monoisotopic (exact) mass is 2510 g/mol. The Morgan fingerprint density at radius 1 is 0.462 bits per heavy atom. The summed E-state index contributed by atoms with van der Waals surface area (Å²) >= 11 is 0. The molecule has 0 aliphatic heterocycles. The van der Waals surface area contributed by atoms with Gasteiger partial charge in [0.1, 0.15) is 11.5 Å². The van der Waals surface area contributed by atoms with Crippen molar-refractivity contribution in [2.75, 3.05) is 0 Å². The van der Waals surface area contributed by atoms with Gasteiger partial charge in [0, 0.05) is 268 Å². The largest absolute Gasteiger partial charge is 0.477 e. The zero-order chi connectivity index (χ0) is 71.0. The second-order valence-corrected chi connectivity index (χ2v) is 21.8. The molecule has 0 bridgehead atoms. The second kappa shape index (κ2) is 46.7. The Balaban J connectivity index is 0.000000616. The van der Waals surface area contributed by atoms with Crippen LogP contribution in [0.25, 0.3) is 74.0 Å². The van der Waals surface area contributed by atoms with Gasteiger partial charge in [0.15, 0.2) is 5.69 Å². The van der Waals surface area contributed by atoms with E-state index in [1.807, 2.05) is 141 Å². The Morgan fingerprint density at radius 2 is 0.906 bits per heavy atom. The summed E-state index contributed by atoms with van der Waals surface area (Å²) in [7, 11) is 7.10. The Kier molecular flexibility index (Phi) is 41.7. The number of aryl methyl sites for hydroxylation is 4. The minimum Gasteiger partial charge on any atom is -0.477 e. The standard InChI is InChI=1S/C15H11N2.C13H15N2.C10H6F2N3O2.C10H7F2N2.C10H8N3O2.C10H9N2.C6H5NO2.FH.6Ir/c1-3-7-13(8-4-1)15-16-11-12-17(15)14-9-5-2-6-10-14;1-13(2,3)15-10-9-14-12(15)11-7-5-4-6-8-11;1-14-3-2-13-10(14)7-4-6(11)5-8(9(7)12)15(16)17;1-14-5-4-13-10(14)8-3-2-7(11)6-9(8)12;1-12-6-5-11-10(12)8-3-2-4-9(7-8)13(14)15;1-12-8-7-11-10(12)9-5-3-2-4-6-9;8-6(9)5-3-1-2-4-7-5;;;;;;;/h1-7,9-12H;4-7,9-10H,1-3H3;2-3,5H,1H3;2,4-6H,1H3;2,4-7H,1H3;2-5,7-8H,1H3;1-4H,(H,8,9);1H;;;;;;/q6*-1;;;;;;;;. The molecule has 0 unspecified atom stereocenters. The Labute approximate surface area is 688 Å². The number of nitro benzene ring substituents is 2. The van der Waals surface area contributed by atoms with E-state index in [9.17, 15) is 42.6 Å². The molecule has 1 N–H and O–H groups in total. The van der Waals surface area contributed by atoms with Crippen LogP contribution in [0.4, 0.5) is 33.6 Å². The first-order valence-electron chi connectivity index (χ1n) is 29.8. The van der Waals surface area contributed by atoms with Gasteiger partial charge in [0.2, 0.25) is 5.69 Å². The van der Waals surface area contributed by atoms with Crippen LogP contribution >= 0.6 is 0 Å². The zero-order valence-corrected chi connectivity index (χ0v) is 71.0. The van der Waals surface area contributed by atoms with Crippen molar-refractivity contribution in [3.8, 4) is 74.0 Å². The van der Waals surface area contributed by atoms with Crippen LogP contribution in [-0.2, 0) is 154 Å². The summed E-state index contributed by atoms with van der Waals surface area (Å²) < 4.78 is 63.8. The van der Waals surface area contributed by atoms with Crippen LogP contribution in [0.3, 0.4) is 0 Å². The number of carboxylic acid groups (broad SMARTS) is 1. The molecule has 7 heterocycles. The van der Waals surface area contributed by atoms with Crippen molar-refractivity contribution in [1.82, 2.24) is 62.3 Å². The van der Waals surface area contributed by atoms with Gasteiger partial charge in [0.05, 0.1) is 34.9 Å². The third-order valence-corrected chi connectivity index (χ3v) is 13.7. The number of nitro groups is 2. The number of non-ortho nitro benzene ring substituents is 1. The smallest absolute Gasteiger partial charge is 0.354 e. The summed E-state index contributed by atoms with van der Waals surface area (Å²) in [5.74, 6) is -0.418. The van der Waals surface area contributed by atoms with E-state index >= 15 is 0 Å². The van der Waals surface area contributed by atoms with Crippen LogP contribution in [0, 0.1) is 79.9 Å². The number of carbonyl (C=O) groups is 1. The number of halogens is 5. The summed E-state index contributed by atoms with van der Waals surface area (Å²) in [4.78, 5) is 58.2. The predicted molar refractivity (Wildman–Crippen MR) is 366 cm³/mol. The fourth-order valence-electron chi connectivity index (χ4n) is 9.02. The van der Waals surface area contributed by atoms with Gasteiger partial charge >= 0.3 is 5.97 Å². The van der Waals surface area contributed by atoms with Crippen molar-refractivity contribution < 1.29 is 163 Å². The molecule has 106 heavy (non-hydrogen) atoms. The van der Waals surface area contributed by atoms with Crippen LogP contribution < -0.4 is 0 Å². The van der Waals surface area contributed by atoms with Crippen molar-refractivity contribution in [3.05, 3.63) is 324 Å². The van der Waals surface area contributed by atoms with Crippen molar-refractivity contribution in [2.24, 2.45) is 28.2 Å². The molecule has 0 saturated heterocycles. The number of carboxylic acids is 1. The predicted octanol–water partition coefficient (Wildman–Crippen LogP) is 15.3. The van der Waals surface area contributed by atoms with E-state index in [-0.39, 0.29) is 159 Å². The summed E-state index contributed by atoms with van der Waals surface area (Å²) in [6.07, 6.45) is 22.3. The molecule has 564 valence electrons. The van der Waals surface area contributed by atoms with E-state index in [1.54, 1.807) is 66.3 Å². The normalized spacial score (nSPS) is 9.73. The van der Waals surface area contributed by atoms with Gasteiger partial charge in [-0.15, -0.1) is 138 Å². The fourth-order valence-corrected chi connectivity index (χ4v) is 9.02. The first kappa shape index (κ1) is 94.8. The number of rotatable bonds is 10. The summed E-state index contributed by atoms with van der Waals surface area (Å²) in [6.45, 7) is 6.50. The summed E-state index contributed by atoms with van der Waals surface area (Å²) in [5, 5.41) is 29.4. The number of imidazole rings is 6. The van der Waals surface area contributed by atoms with E-state index in [0.29, 0.717) is 23.3 Å². The third-order valence-electron chi connectivity index (χ3n) is 13.7. The number of para-hydroxylation sites is 1. The van der Waals surface area contributed by atoms with Crippen LogP contribution in [0.2, 0.25) is 0 Å². The van der Waals surface area contributed by atoms with Crippen LogP contribution in [-0.4, -0.2) is 83.2 Å². The van der Waals surface area contributed by atoms with Gasteiger partial charge in [-0.05, 0) is 51.1 Å². The summed E-state index contributed by atoms with van der Waals surface area (Å²) in [6, 6.07) is 62.4. The Bertz CT molecular complexity index is 4860. The maximum absolute atomic E-state index is 13.8. The molecule has 0 aliphatic rings. The molecule has 0 atom stereocenters. The molecular weight excluding hydrogens is 2440 g/mol. The fraction of sp³-hybridized carbons (Fsp3) is 0.108. The third kappa shape index (κ3) is 27.0. The van der Waals surface area contributed by atoms with Gasteiger partial charge in [0.25, 0.3) is 0 Å². The first-order valence-corrected chi connectivity index (χ1v) is 29.8. The Morgan fingerprint density at radius 3 is 1.35 bits per heavy atom. The number of hydrogen-bond acceptors (Lipinski definition) is 12. The van der Waals surface area contributed by atoms with Crippen molar-refractivity contribution in [2.45, 2.75) is 26.3 Å². The van der Waals surface area contributed by atoms with Crippen LogP contribution in [0.15, 0.2) is 238 Å². The average molecular weight is 2510 g/mol. The molecule has 0 aliphatic carbocycles. The molecule has 14 aromatic rings. The van der Waals surface area contributed by atoms with E-state index in [1.165, 1.54) is 47.4 Å². The molecule has 21 nitrogen and oxygen atoms in total. The minimum absolute atomic E-state index is 0. The Hall–Kier alpha value is -9.23. The number of nitrogens with zero attached hydrogens (tertiary/aromatic N) is 15. The van der Waals surface area contributed by atoms with Crippen molar-refractivity contribution in [3.63, 3.8) is 0 Å². The number of hydrogen-bond donors (Lipinski definition) is 1. The molecule has 0 saturated carbocycles. The maximum Gasteiger partial charge on any atom is 0.354 e. The molecule has 0 spiro atoms. The number of aromatic nitrogens is 13. The molecule has 0 fully saturated rings. The average Bonchev–Trinajstić information content (AvgIpc) is 1.37. The minimum atomic E-state index is -1.15. The second-order valence-electron chi connectivity index (χ2n) is 21.8. The number of aromatic carboxylic acids is 1. The molecule has 6 radical (unpaired) electrons. The molecule has 7 aromatic carbocycles. The van der Waals surface area contributed by atoms with Gasteiger partial charge in [-0.25, -0.2) is 14.2 Å². The zero-order valence-electron chi connectivity index (χ0n) is 56.6. The number of benzene rings is 7. The number of pyridine rings is 1. The van der Waals surface area contributed by atoms with E-state index in [2.05, 4.69) is 113 Å². The van der Waals surface area contributed by atoms with Crippen LogP contribution in [0.5, 0.6) is 0 Å². The SMILES string of the molecule is CC(C)(C)n1ccnc1-c1[c-]cccc1.Cn1ccnc1-c1[c-]c(F)cc([N+](=O)[O-])c1F.Cn1ccnc1-c1[c-]cc(F)cc1F.Cn1ccnc1-c1[c-]ccc([N+](=O)[O-])c1.Cn1ccnc1-c1[c-]cccc1.F.O=C(O)c1ccccn1.[Ir].[Ir].[Ir].[Ir].[Ir].[Ir].[c-]1ccccc1-c1nccn1-c1ccccc1. The maximum atomic E-state index is 13.8. The van der Waals surface area contributed by atoms with Gasteiger partial charge in [-0.3, -0.25) is 68.0 Å². The molecule has 32 heteroatoms. The molecule has 0 amide bonds. The molecular formula is C74H62F5Ir6N15O6-6. The molecule has 14 rings (SSSR count). The summed E-state index contributed by atoms with van der Waals surface area (Å²) in [5.41, 5.74) is 3.87. The van der Waals surface area contributed by atoms with E-state index in [4.69, 9.17) is 5.11 Å². The molecule has 7 aromatic heterocycles.